The first-order valence-electron chi connectivity index (χ1n) is 5.11. The van der Waals surface area contributed by atoms with Crippen molar-refractivity contribution in [1.29, 1.82) is 0 Å². The van der Waals surface area contributed by atoms with Gasteiger partial charge in [0.1, 0.15) is 0 Å². The number of hydrogen-bond acceptors (Lipinski definition) is 5. The summed E-state index contributed by atoms with van der Waals surface area (Å²) in [5.74, 6) is 0.888. The average molecular weight is 227 g/mol. The topological polar surface area (TPSA) is 69.6 Å². The molecular weight excluding hydrogens is 218 g/mol. The molecule has 6 heteroatoms. The highest BCUT2D eigenvalue weighted by Crippen LogP contribution is 2.14. The van der Waals surface area contributed by atoms with E-state index in [1.54, 1.807) is 13.1 Å². The van der Waals surface area contributed by atoms with Gasteiger partial charge < -0.3 is 4.42 Å². The van der Waals surface area contributed by atoms with E-state index in [2.05, 4.69) is 20.4 Å². The first-order valence-corrected chi connectivity index (χ1v) is 5.11. The van der Waals surface area contributed by atoms with Crippen LogP contribution in [0.4, 0.5) is 0 Å². The number of hydrogen-bond donors (Lipinski definition) is 0. The molecule has 0 aliphatic rings. The van der Waals surface area contributed by atoms with E-state index in [-0.39, 0.29) is 0 Å². The summed E-state index contributed by atoms with van der Waals surface area (Å²) in [6.45, 7) is 1.73. The van der Waals surface area contributed by atoms with Crippen molar-refractivity contribution in [3.63, 3.8) is 0 Å². The smallest absolute Gasteiger partial charge is 0.269 e. The van der Waals surface area contributed by atoms with E-state index in [0.29, 0.717) is 17.5 Å². The quantitative estimate of drug-likeness (QED) is 0.665. The molecule has 2 aromatic heterocycles. The number of aromatic nitrogens is 5. The Hall–Kier alpha value is -2.50. The maximum absolute atomic E-state index is 5.28. The molecule has 17 heavy (non-hydrogen) atoms. The summed E-state index contributed by atoms with van der Waals surface area (Å²) in [5.41, 5.74) is 1.45. The van der Waals surface area contributed by atoms with E-state index in [4.69, 9.17) is 4.42 Å². The Morgan fingerprint density at radius 3 is 2.65 bits per heavy atom. The number of rotatable bonds is 2. The number of aryl methyl sites for hydroxylation is 1. The molecule has 1 aromatic carbocycles. The van der Waals surface area contributed by atoms with Crippen molar-refractivity contribution >= 4 is 0 Å². The van der Waals surface area contributed by atoms with Gasteiger partial charge in [-0.05, 0) is 12.1 Å². The number of benzene rings is 1. The first kappa shape index (κ1) is 9.71. The lowest BCUT2D eigenvalue weighted by molar-refractivity contribution is 0.530. The fourth-order valence-corrected chi connectivity index (χ4v) is 1.45. The minimum absolute atomic E-state index is 0.379. The van der Waals surface area contributed by atoms with Crippen LogP contribution in [0.1, 0.15) is 5.89 Å². The molecule has 0 atom stereocenters. The minimum Gasteiger partial charge on any atom is -0.420 e. The second-order valence-electron chi connectivity index (χ2n) is 3.48. The van der Waals surface area contributed by atoms with Crippen LogP contribution >= 0.6 is 0 Å². The van der Waals surface area contributed by atoms with Crippen LogP contribution in [0, 0.1) is 6.92 Å². The molecular formula is C11H9N5O. The van der Waals surface area contributed by atoms with Gasteiger partial charge >= 0.3 is 0 Å². The van der Waals surface area contributed by atoms with Gasteiger partial charge in [-0.15, -0.1) is 15.3 Å². The zero-order chi connectivity index (χ0) is 11.7. The highest BCUT2D eigenvalue weighted by Gasteiger charge is 2.10. The third-order valence-corrected chi connectivity index (χ3v) is 2.22. The van der Waals surface area contributed by atoms with Gasteiger partial charge in [-0.3, -0.25) is 0 Å². The molecule has 0 radical (unpaired) electrons. The lowest BCUT2D eigenvalue weighted by Gasteiger charge is -1.96. The van der Waals surface area contributed by atoms with Crippen molar-refractivity contribution in [2.45, 2.75) is 6.92 Å². The van der Waals surface area contributed by atoms with Gasteiger partial charge in [0.15, 0.2) is 5.69 Å². The average Bonchev–Trinajstić information content (AvgIpc) is 2.98. The van der Waals surface area contributed by atoms with Crippen LogP contribution in [0.15, 0.2) is 40.9 Å². The fourth-order valence-electron chi connectivity index (χ4n) is 1.45. The SMILES string of the molecule is Cc1nnc(-c2cnn(-c3ccccc3)n2)o1. The van der Waals surface area contributed by atoms with Gasteiger partial charge in [0, 0.05) is 6.92 Å². The van der Waals surface area contributed by atoms with Gasteiger partial charge in [0.05, 0.1) is 11.9 Å². The third kappa shape index (κ3) is 1.80. The Bertz CT molecular complexity index is 628. The molecule has 0 unspecified atom stereocenters. The van der Waals surface area contributed by atoms with Gasteiger partial charge in [-0.1, -0.05) is 18.2 Å². The summed E-state index contributed by atoms with van der Waals surface area (Å²) in [6, 6.07) is 9.63. The molecule has 0 saturated heterocycles. The van der Waals surface area contributed by atoms with Crippen LogP contribution < -0.4 is 0 Å². The molecule has 2 heterocycles. The van der Waals surface area contributed by atoms with Crippen LogP contribution in [0.3, 0.4) is 0 Å². The van der Waals surface area contributed by atoms with Crippen molar-refractivity contribution < 1.29 is 4.42 Å². The zero-order valence-corrected chi connectivity index (χ0v) is 9.11. The fraction of sp³-hybridized carbons (Fsp3) is 0.0909. The molecule has 0 aliphatic carbocycles. The second kappa shape index (κ2) is 3.82. The van der Waals surface area contributed by atoms with Crippen LogP contribution in [0.25, 0.3) is 17.3 Å². The van der Waals surface area contributed by atoms with E-state index in [9.17, 15) is 0 Å². The Morgan fingerprint density at radius 2 is 1.94 bits per heavy atom. The van der Waals surface area contributed by atoms with Gasteiger partial charge in [0.2, 0.25) is 5.89 Å². The summed E-state index contributed by atoms with van der Waals surface area (Å²) < 4.78 is 5.28. The van der Waals surface area contributed by atoms with Crippen molar-refractivity contribution in [1.82, 2.24) is 25.2 Å². The summed E-state index contributed by atoms with van der Waals surface area (Å²) in [4.78, 5) is 1.52. The van der Waals surface area contributed by atoms with Crippen LogP contribution in [0.5, 0.6) is 0 Å². The largest absolute Gasteiger partial charge is 0.420 e. The summed E-state index contributed by atoms with van der Waals surface area (Å²) in [5, 5.41) is 16.1. The number of para-hydroxylation sites is 1. The molecule has 3 aromatic rings. The molecule has 0 saturated carbocycles. The number of nitrogens with zero attached hydrogens (tertiary/aromatic N) is 5. The van der Waals surface area contributed by atoms with Gasteiger partial charge in [-0.25, -0.2) is 0 Å². The molecule has 84 valence electrons. The lowest BCUT2D eigenvalue weighted by atomic mass is 10.3. The van der Waals surface area contributed by atoms with Crippen LogP contribution in [0.2, 0.25) is 0 Å². The van der Waals surface area contributed by atoms with Crippen molar-refractivity contribution in [2.24, 2.45) is 0 Å². The van der Waals surface area contributed by atoms with E-state index in [0.717, 1.165) is 5.69 Å². The molecule has 0 spiro atoms. The van der Waals surface area contributed by atoms with E-state index in [1.807, 2.05) is 30.3 Å². The predicted molar refractivity (Wildman–Crippen MR) is 59.4 cm³/mol. The van der Waals surface area contributed by atoms with Gasteiger partial charge in [0.25, 0.3) is 5.89 Å². The Balaban J connectivity index is 1.99. The highest BCUT2D eigenvalue weighted by molar-refractivity contribution is 5.43. The van der Waals surface area contributed by atoms with E-state index < -0.39 is 0 Å². The van der Waals surface area contributed by atoms with Gasteiger partial charge in [-0.2, -0.15) is 9.90 Å². The first-order chi connectivity index (χ1) is 8.33. The standard InChI is InChI=1S/C11H9N5O/c1-8-13-14-11(17-8)10-7-12-16(15-10)9-5-3-2-4-6-9/h2-7H,1H3. The molecule has 0 aliphatic heterocycles. The molecule has 0 fully saturated rings. The third-order valence-electron chi connectivity index (χ3n) is 2.22. The Morgan fingerprint density at radius 1 is 1.12 bits per heavy atom. The highest BCUT2D eigenvalue weighted by atomic mass is 16.4. The monoisotopic (exact) mass is 227 g/mol. The summed E-state index contributed by atoms with van der Waals surface area (Å²) in [6.07, 6.45) is 1.60. The lowest BCUT2D eigenvalue weighted by Crippen LogP contribution is -1.97. The molecule has 3 rings (SSSR count). The Kier molecular flexibility index (Phi) is 2.18. The molecule has 0 bridgehead atoms. The maximum Gasteiger partial charge on any atom is 0.269 e. The van der Waals surface area contributed by atoms with Crippen molar-refractivity contribution in [3.05, 3.63) is 42.4 Å². The second-order valence-corrected chi connectivity index (χ2v) is 3.48. The maximum atomic E-state index is 5.28. The van der Waals surface area contributed by atoms with E-state index in [1.165, 1.54) is 4.80 Å². The van der Waals surface area contributed by atoms with E-state index >= 15 is 0 Å². The molecule has 0 amide bonds. The van der Waals surface area contributed by atoms with Crippen molar-refractivity contribution in [3.8, 4) is 17.3 Å². The molecule has 0 N–H and O–H groups in total. The zero-order valence-electron chi connectivity index (χ0n) is 9.11. The summed E-state index contributed by atoms with van der Waals surface area (Å²) >= 11 is 0. The Labute approximate surface area is 96.9 Å². The normalized spacial score (nSPS) is 10.6. The van der Waals surface area contributed by atoms with Crippen molar-refractivity contribution in [2.75, 3.05) is 0 Å². The van der Waals surface area contributed by atoms with Crippen LogP contribution in [-0.4, -0.2) is 25.2 Å². The molecule has 6 nitrogen and oxygen atoms in total. The predicted octanol–water partition coefficient (Wildman–Crippen LogP) is 1.63. The minimum atomic E-state index is 0.379. The summed E-state index contributed by atoms with van der Waals surface area (Å²) in [7, 11) is 0. The van der Waals surface area contributed by atoms with Crippen LogP contribution in [-0.2, 0) is 0 Å².